The molecule has 0 bridgehead atoms. The molecule has 26 heavy (non-hydrogen) atoms. The first-order chi connectivity index (χ1) is 12.6. The lowest BCUT2D eigenvalue weighted by atomic mass is 10.2. The quantitative estimate of drug-likeness (QED) is 0.643. The van der Waals surface area contributed by atoms with Gasteiger partial charge in [0.15, 0.2) is 5.82 Å². The Balaban J connectivity index is 0.00000117. The summed E-state index contributed by atoms with van der Waals surface area (Å²) in [5.74, 6) is 0.0937. The van der Waals surface area contributed by atoms with Gasteiger partial charge < -0.3 is 15.2 Å². The lowest BCUT2D eigenvalue weighted by molar-refractivity contribution is -0.0266. The van der Waals surface area contributed by atoms with E-state index in [0.29, 0.717) is 42.9 Å². The van der Waals surface area contributed by atoms with Gasteiger partial charge in [-0.1, -0.05) is 13.8 Å². The van der Waals surface area contributed by atoms with Crippen LogP contribution in [0, 0.1) is 0 Å². The van der Waals surface area contributed by atoms with Crippen LogP contribution in [0.4, 0.5) is 10.1 Å². The topological polar surface area (TPSA) is 82.6 Å². The second-order valence-electron chi connectivity index (χ2n) is 5.68. The number of methoxy groups -OCH3 is 1. The number of hydrogen-bond acceptors (Lipinski definition) is 6. The predicted molar refractivity (Wildman–Crippen MR) is 99.9 cm³/mol. The van der Waals surface area contributed by atoms with Crippen LogP contribution in [-0.4, -0.2) is 54.5 Å². The van der Waals surface area contributed by atoms with Gasteiger partial charge in [0.25, 0.3) is 5.56 Å². The number of anilines is 1. The fourth-order valence-corrected chi connectivity index (χ4v) is 2.80. The molecule has 1 saturated heterocycles. The maximum absolute atomic E-state index is 15.1. The molecule has 1 unspecified atom stereocenters. The van der Waals surface area contributed by atoms with Gasteiger partial charge >= 0.3 is 0 Å². The van der Waals surface area contributed by atoms with E-state index in [4.69, 9.17) is 15.2 Å². The van der Waals surface area contributed by atoms with Gasteiger partial charge in [0.05, 0.1) is 37.3 Å². The van der Waals surface area contributed by atoms with Crippen LogP contribution in [0.2, 0.25) is 0 Å². The molecule has 0 saturated carbocycles. The molecule has 2 aromatic rings. The normalized spacial score (nSPS) is 16.2. The number of ether oxygens (including phenoxy) is 2. The van der Waals surface area contributed by atoms with Crippen molar-refractivity contribution in [3.05, 3.63) is 34.4 Å². The van der Waals surface area contributed by atoms with Gasteiger partial charge in [0, 0.05) is 25.9 Å². The summed E-state index contributed by atoms with van der Waals surface area (Å²) in [5.41, 5.74) is 6.36. The van der Waals surface area contributed by atoms with E-state index < -0.39 is 6.30 Å². The Morgan fingerprint density at radius 1 is 1.35 bits per heavy atom. The van der Waals surface area contributed by atoms with Gasteiger partial charge in [-0.05, 0) is 18.2 Å². The largest absolute Gasteiger partial charge is 0.399 e. The van der Waals surface area contributed by atoms with Crippen molar-refractivity contribution >= 4 is 16.6 Å². The molecule has 144 valence electrons. The summed E-state index contributed by atoms with van der Waals surface area (Å²) >= 11 is 0. The van der Waals surface area contributed by atoms with Crippen molar-refractivity contribution in [1.29, 1.82) is 0 Å². The standard InChI is InChI=1S/C16H21FN4O3.C2H6/c1-23-7-6-21-15(14(17)20-4-8-24-9-5-20)19-13-3-2-11(18)10-12(13)16(21)22;1-2/h2-3,10,14H,4-9,18H2,1H3;1-2H3. The number of fused-ring (bicyclic) bond motifs is 1. The third-order valence-corrected chi connectivity index (χ3v) is 4.11. The third kappa shape index (κ3) is 4.38. The average molecular weight is 366 g/mol. The molecule has 1 aliphatic rings. The second kappa shape index (κ2) is 9.61. The summed E-state index contributed by atoms with van der Waals surface area (Å²) in [6.07, 6.45) is -1.47. The summed E-state index contributed by atoms with van der Waals surface area (Å²) in [6.45, 7) is 6.37. The summed E-state index contributed by atoms with van der Waals surface area (Å²) in [7, 11) is 1.53. The number of nitrogen functional groups attached to an aromatic ring is 1. The number of rotatable bonds is 5. The molecule has 1 atom stereocenters. The molecule has 0 spiro atoms. The molecule has 2 heterocycles. The molecule has 1 fully saturated rings. The highest BCUT2D eigenvalue weighted by atomic mass is 19.1. The minimum atomic E-state index is -1.47. The minimum absolute atomic E-state index is 0.0937. The smallest absolute Gasteiger partial charge is 0.261 e. The zero-order valence-corrected chi connectivity index (χ0v) is 15.6. The predicted octanol–water partition coefficient (Wildman–Crippen LogP) is 1.95. The van der Waals surface area contributed by atoms with Crippen LogP contribution in [0.5, 0.6) is 0 Å². The zero-order valence-electron chi connectivity index (χ0n) is 15.6. The Labute approximate surface area is 152 Å². The number of nitrogens with two attached hydrogens (primary N) is 1. The zero-order chi connectivity index (χ0) is 19.1. The van der Waals surface area contributed by atoms with Crippen molar-refractivity contribution in [1.82, 2.24) is 14.5 Å². The van der Waals surface area contributed by atoms with Crippen LogP contribution in [-0.2, 0) is 16.0 Å². The third-order valence-electron chi connectivity index (χ3n) is 4.11. The van der Waals surface area contributed by atoms with Gasteiger partial charge in [-0.15, -0.1) is 0 Å². The molecule has 8 heteroatoms. The fraction of sp³-hybridized carbons (Fsp3) is 0.556. The number of hydrogen-bond donors (Lipinski definition) is 1. The molecule has 0 aliphatic carbocycles. The van der Waals surface area contributed by atoms with Crippen molar-refractivity contribution in [3.8, 4) is 0 Å². The van der Waals surface area contributed by atoms with Crippen molar-refractivity contribution in [3.63, 3.8) is 0 Å². The highest BCUT2D eigenvalue weighted by molar-refractivity contribution is 5.81. The molecule has 2 N–H and O–H groups in total. The second-order valence-corrected chi connectivity index (χ2v) is 5.68. The average Bonchev–Trinajstić information content (AvgIpc) is 2.69. The first-order valence-electron chi connectivity index (χ1n) is 8.86. The summed E-state index contributed by atoms with van der Waals surface area (Å²) < 4.78 is 26.7. The molecule has 1 aromatic carbocycles. The van der Waals surface area contributed by atoms with Crippen LogP contribution in [0.3, 0.4) is 0 Å². The van der Waals surface area contributed by atoms with Gasteiger partial charge in [-0.25, -0.2) is 9.37 Å². The van der Waals surface area contributed by atoms with Crippen LogP contribution >= 0.6 is 0 Å². The van der Waals surface area contributed by atoms with Crippen molar-refractivity contribution in [2.45, 2.75) is 26.7 Å². The number of benzene rings is 1. The van der Waals surface area contributed by atoms with Crippen LogP contribution in [0.15, 0.2) is 23.0 Å². The highest BCUT2D eigenvalue weighted by Gasteiger charge is 2.27. The van der Waals surface area contributed by atoms with Gasteiger partial charge in [-0.2, -0.15) is 0 Å². The summed E-state index contributed by atoms with van der Waals surface area (Å²) in [6, 6.07) is 4.86. The molecule has 0 radical (unpaired) electrons. The fourth-order valence-electron chi connectivity index (χ4n) is 2.80. The maximum atomic E-state index is 15.1. The van der Waals surface area contributed by atoms with E-state index in [1.807, 2.05) is 13.8 Å². The first-order valence-corrected chi connectivity index (χ1v) is 8.86. The molecule has 1 aliphatic heterocycles. The Bertz CT molecular complexity index is 775. The van der Waals surface area contributed by atoms with Crippen molar-refractivity contribution in [2.75, 3.05) is 45.8 Å². The van der Waals surface area contributed by atoms with E-state index >= 15 is 4.39 Å². The van der Waals surface area contributed by atoms with Gasteiger partial charge in [-0.3, -0.25) is 14.3 Å². The molecule has 0 amide bonds. The van der Waals surface area contributed by atoms with E-state index in [1.54, 1.807) is 23.1 Å². The Morgan fingerprint density at radius 3 is 2.69 bits per heavy atom. The minimum Gasteiger partial charge on any atom is -0.399 e. The molecule has 7 nitrogen and oxygen atoms in total. The number of halogens is 1. The van der Waals surface area contributed by atoms with E-state index in [2.05, 4.69) is 4.98 Å². The van der Waals surface area contributed by atoms with E-state index in [-0.39, 0.29) is 24.5 Å². The first kappa shape index (κ1) is 20.3. The van der Waals surface area contributed by atoms with Gasteiger partial charge in [0.1, 0.15) is 0 Å². The summed E-state index contributed by atoms with van der Waals surface area (Å²) in [4.78, 5) is 18.8. The maximum Gasteiger partial charge on any atom is 0.261 e. The van der Waals surface area contributed by atoms with Gasteiger partial charge in [0.2, 0.25) is 6.30 Å². The number of aromatic nitrogens is 2. The number of alkyl halides is 1. The Hall–Kier alpha value is -2.03. The van der Waals surface area contributed by atoms with E-state index in [9.17, 15) is 4.79 Å². The van der Waals surface area contributed by atoms with Crippen LogP contribution in [0.1, 0.15) is 26.0 Å². The van der Waals surface area contributed by atoms with E-state index in [0.717, 1.165) is 0 Å². The molecule has 3 rings (SSSR count). The number of morpholine rings is 1. The highest BCUT2D eigenvalue weighted by Crippen LogP contribution is 2.23. The molecule has 1 aromatic heterocycles. The van der Waals surface area contributed by atoms with E-state index in [1.165, 1.54) is 11.7 Å². The Morgan fingerprint density at radius 2 is 2.04 bits per heavy atom. The molecular weight excluding hydrogens is 339 g/mol. The van der Waals surface area contributed by atoms with Crippen molar-refractivity contribution < 1.29 is 13.9 Å². The lowest BCUT2D eigenvalue weighted by Crippen LogP contribution is -2.40. The van der Waals surface area contributed by atoms with Crippen molar-refractivity contribution in [2.24, 2.45) is 0 Å². The SMILES string of the molecule is CC.COCCn1c(C(F)N2CCOCC2)nc2ccc(N)cc2c1=O. The number of nitrogens with zero attached hydrogens (tertiary/aromatic N) is 3. The molecular formula is C18H27FN4O3. The lowest BCUT2D eigenvalue weighted by Gasteiger charge is -2.30. The van der Waals surface area contributed by atoms with Crippen LogP contribution < -0.4 is 11.3 Å². The monoisotopic (exact) mass is 366 g/mol. The Kier molecular flexibility index (Phi) is 7.50. The summed E-state index contributed by atoms with van der Waals surface area (Å²) in [5, 5.41) is 0.379. The van der Waals surface area contributed by atoms with Crippen LogP contribution in [0.25, 0.3) is 10.9 Å².